The van der Waals surface area contributed by atoms with Crippen molar-refractivity contribution in [1.82, 2.24) is 4.90 Å². The van der Waals surface area contributed by atoms with Gasteiger partial charge in [-0.1, -0.05) is 12.1 Å². The number of anilines is 1. The van der Waals surface area contributed by atoms with E-state index in [4.69, 9.17) is 9.47 Å². The number of aryl methyl sites for hydroxylation is 2. The Hall–Kier alpha value is -3.26. The van der Waals surface area contributed by atoms with Crippen LogP contribution in [0.2, 0.25) is 0 Å². The average molecular weight is 455 g/mol. The van der Waals surface area contributed by atoms with Gasteiger partial charge in [0.1, 0.15) is 18.0 Å². The molecule has 7 nitrogen and oxygen atoms in total. The van der Waals surface area contributed by atoms with Crippen LogP contribution in [0.1, 0.15) is 30.5 Å². The lowest BCUT2D eigenvalue weighted by molar-refractivity contribution is -0.127. The highest BCUT2D eigenvalue weighted by molar-refractivity contribution is 8.18. The van der Waals surface area contributed by atoms with Gasteiger partial charge in [0.25, 0.3) is 11.1 Å². The van der Waals surface area contributed by atoms with E-state index in [1.807, 2.05) is 45.9 Å². The number of ether oxygens (including phenoxy) is 2. The fraction of sp³-hybridized carbons (Fsp3) is 0.292. The SMILES string of the molecule is CCOc1ccc(/C=C2/SC(=O)N(CC(=O)Nc3cc(C)ccc3C)C2=O)c(OCC)c1. The van der Waals surface area contributed by atoms with Crippen LogP contribution in [0.3, 0.4) is 0 Å². The summed E-state index contributed by atoms with van der Waals surface area (Å²) in [6.45, 7) is 8.17. The lowest BCUT2D eigenvalue weighted by atomic mass is 10.1. The number of carbonyl (C=O) groups excluding carboxylic acids is 3. The molecule has 1 fully saturated rings. The second-order valence-electron chi connectivity index (χ2n) is 7.20. The van der Waals surface area contributed by atoms with Crippen molar-refractivity contribution in [2.45, 2.75) is 27.7 Å². The van der Waals surface area contributed by atoms with E-state index in [1.54, 1.807) is 24.3 Å². The first-order chi connectivity index (χ1) is 15.3. The first-order valence-corrected chi connectivity index (χ1v) is 11.2. The maximum atomic E-state index is 12.8. The van der Waals surface area contributed by atoms with Crippen LogP contribution in [0.4, 0.5) is 10.5 Å². The summed E-state index contributed by atoms with van der Waals surface area (Å²) < 4.78 is 11.2. The van der Waals surface area contributed by atoms with E-state index in [9.17, 15) is 14.4 Å². The molecule has 0 unspecified atom stereocenters. The minimum Gasteiger partial charge on any atom is -0.494 e. The van der Waals surface area contributed by atoms with E-state index in [-0.39, 0.29) is 11.4 Å². The second kappa shape index (κ2) is 10.4. The number of hydrogen-bond donors (Lipinski definition) is 1. The van der Waals surface area contributed by atoms with Gasteiger partial charge in [-0.05, 0) is 74.9 Å². The second-order valence-corrected chi connectivity index (χ2v) is 8.19. The van der Waals surface area contributed by atoms with Gasteiger partial charge in [-0.3, -0.25) is 19.3 Å². The fourth-order valence-electron chi connectivity index (χ4n) is 3.15. The van der Waals surface area contributed by atoms with E-state index in [0.717, 1.165) is 27.8 Å². The summed E-state index contributed by atoms with van der Waals surface area (Å²) >= 11 is 0.803. The number of benzene rings is 2. The number of imide groups is 1. The Balaban J connectivity index is 1.76. The largest absolute Gasteiger partial charge is 0.494 e. The molecule has 32 heavy (non-hydrogen) atoms. The van der Waals surface area contributed by atoms with Crippen molar-refractivity contribution in [3.05, 3.63) is 58.0 Å². The van der Waals surface area contributed by atoms with Gasteiger partial charge in [0, 0.05) is 17.3 Å². The number of carbonyl (C=O) groups is 3. The quantitative estimate of drug-likeness (QED) is 0.578. The Morgan fingerprint density at radius 1 is 1.06 bits per heavy atom. The van der Waals surface area contributed by atoms with Crippen LogP contribution in [0, 0.1) is 13.8 Å². The standard InChI is InChI=1S/C24H26N2O5S/c1-5-30-18-10-9-17(20(13-18)31-6-2)12-21-23(28)26(24(29)32-21)14-22(27)25-19-11-15(3)7-8-16(19)4/h7-13H,5-6,14H2,1-4H3,(H,25,27)/b21-12+. The molecule has 1 aliphatic rings. The van der Waals surface area contributed by atoms with E-state index < -0.39 is 17.1 Å². The van der Waals surface area contributed by atoms with Crippen LogP contribution in [0.25, 0.3) is 6.08 Å². The normalized spacial score (nSPS) is 14.8. The number of nitrogens with zero attached hydrogens (tertiary/aromatic N) is 1. The molecule has 1 N–H and O–H groups in total. The van der Waals surface area contributed by atoms with Crippen molar-refractivity contribution in [3.63, 3.8) is 0 Å². The van der Waals surface area contributed by atoms with Gasteiger partial charge < -0.3 is 14.8 Å². The molecule has 168 valence electrons. The highest BCUT2D eigenvalue weighted by Crippen LogP contribution is 2.35. The molecule has 0 aromatic heterocycles. The Bertz CT molecular complexity index is 1080. The molecular weight excluding hydrogens is 428 g/mol. The number of rotatable bonds is 8. The monoisotopic (exact) mass is 454 g/mol. The maximum absolute atomic E-state index is 12.8. The maximum Gasteiger partial charge on any atom is 0.294 e. The van der Waals surface area contributed by atoms with Crippen LogP contribution in [0.5, 0.6) is 11.5 Å². The van der Waals surface area contributed by atoms with Crippen LogP contribution in [-0.4, -0.2) is 41.7 Å². The molecule has 1 saturated heterocycles. The predicted molar refractivity (Wildman–Crippen MR) is 126 cm³/mol. The van der Waals surface area contributed by atoms with E-state index in [0.29, 0.717) is 36.0 Å². The third-order valence-corrected chi connectivity index (χ3v) is 5.63. The topological polar surface area (TPSA) is 84.9 Å². The molecule has 0 atom stereocenters. The predicted octanol–water partition coefficient (Wildman–Crippen LogP) is 4.78. The van der Waals surface area contributed by atoms with Gasteiger partial charge in [-0.2, -0.15) is 0 Å². The lowest BCUT2D eigenvalue weighted by Crippen LogP contribution is -2.36. The number of thioether (sulfide) groups is 1. The zero-order valence-electron chi connectivity index (χ0n) is 18.6. The van der Waals surface area contributed by atoms with Gasteiger partial charge in [-0.15, -0.1) is 0 Å². The van der Waals surface area contributed by atoms with Crippen LogP contribution < -0.4 is 14.8 Å². The van der Waals surface area contributed by atoms with Crippen molar-refractivity contribution in [3.8, 4) is 11.5 Å². The molecule has 0 aliphatic carbocycles. The van der Waals surface area contributed by atoms with Crippen molar-refractivity contribution >= 4 is 40.6 Å². The zero-order chi connectivity index (χ0) is 23.3. The van der Waals surface area contributed by atoms with Gasteiger partial charge in [0.2, 0.25) is 5.91 Å². The average Bonchev–Trinajstić information content (AvgIpc) is 3.00. The molecule has 3 amide bonds. The molecular formula is C24H26N2O5S. The van der Waals surface area contributed by atoms with Crippen molar-refractivity contribution < 1.29 is 23.9 Å². The number of nitrogens with one attached hydrogen (secondary N) is 1. The molecule has 8 heteroatoms. The van der Waals surface area contributed by atoms with Crippen molar-refractivity contribution in [2.75, 3.05) is 25.1 Å². The zero-order valence-corrected chi connectivity index (χ0v) is 19.4. The van der Waals surface area contributed by atoms with Crippen LogP contribution in [-0.2, 0) is 9.59 Å². The van der Waals surface area contributed by atoms with Crippen LogP contribution >= 0.6 is 11.8 Å². The summed E-state index contributed by atoms with van der Waals surface area (Å²) in [5, 5.41) is 2.29. The Morgan fingerprint density at radius 2 is 1.81 bits per heavy atom. The molecule has 1 aliphatic heterocycles. The summed E-state index contributed by atoms with van der Waals surface area (Å²) in [5.74, 6) is 0.271. The van der Waals surface area contributed by atoms with Gasteiger partial charge in [-0.25, -0.2) is 0 Å². The van der Waals surface area contributed by atoms with Gasteiger partial charge in [0.15, 0.2) is 0 Å². The lowest BCUT2D eigenvalue weighted by Gasteiger charge is -2.14. The van der Waals surface area contributed by atoms with Gasteiger partial charge >= 0.3 is 0 Å². The van der Waals surface area contributed by atoms with Crippen molar-refractivity contribution in [1.29, 1.82) is 0 Å². The smallest absolute Gasteiger partial charge is 0.294 e. The van der Waals surface area contributed by atoms with E-state index in [2.05, 4.69) is 5.32 Å². The molecule has 2 aromatic rings. The highest BCUT2D eigenvalue weighted by Gasteiger charge is 2.36. The Kier molecular flexibility index (Phi) is 7.58. The summed E-state index contributed by atoms with van der Waals surface area (Å²) in [6, 6.07) is 11.0. The molecule has 0 spiro atoms. The third kappa shape index (κ3) is 5.50. The Labute approximate surface area is 191 Å². The van der Waals surface area contributed by atoms with Crippen molar-refractivity contribution in [2.24, 2.45) is 0 Å². The molecule has 2 aromatic carbocycles. The summed E-state index contributed by atoms with van der Waals surface area (Å²) in [7, 11) is 0. The summed E-state index contributed by atoms with van der Waals surface area (Å²) in [4.78, 5) is 39.0. The molecule has 0 bridgehead atoms. The van der Waals surface area contributed by atoms with Gasteiger partial charge in [0.05, 0.1) is 18.1 Å². The fourth-order valence-corrected chi connectivity index (χ4v) is 3.98. The molecule has 0 saturated carbocycles. The number of amides is 3. The number of hydrogen-bond acceptors (Lipinski definition) is 6. The minimum absolute atomic E-state index is 0.236. The first-order valence-electron chi connectivity index (χ1n) is 10.3. The summed E-state index contributed by atoms with van der Waals surface area (Å²) in [6.07, 6.45) is 1.61. The first kappa shape index (κ1) is 23.4. The van der Waals surface area contributed by atoms with E-state index >= 15 is 0 Å². The molecule has 0 radical (unpaired) electrons. The van der Waals surface area contributed by atoms with E-state index in [1.165, 1.54) is 0 Å². The molecule has 1 heterocycles. The third-order valence-electron chi connectivity index (χ3n) is 4.72. The van der Waals surface area contributed by atoms with Crippen LogP contribution in [0.15, 0.2) is 41.3 Å². The molecule has 3 rings (SSSR count). The Morgan fingerprint density at radius 3 is 2.53 bits per heavy atom. The summed E-state index contributed by atoms with van der Waals surface area (Å²) in [5.41, 5.74) is 3.21. The minimum atomic E-state index is -0.507. The highest BCUT2D eigenvalue weighted by atomic mass is 32.2.